The number of likely N-dealkylation sites (tertiary alicyclic amines) is 1. The van der Waals surface area contributed by atoms with E-state index in [-0.39, 0.29) is 17.9 Å². The molecule has 1 fully saturated rings. The number of likely N-dealkylation sites (N-methyl/N-ethyl adjacent to an activating group) is 2. The lowest BCUT2D eigenvalue weighted by molar-refractivity contribution is -0.143. The SMILES string of the molecule is Cc1nn(C)c(C)c1CCN(C)C(=O)C1CCCCC(=O)N1C. The van der Waals surface area contributed by atoms with Crippen LogP contribution in [0.15, 0.2) is 0 Å². The lowest BCUT2D eigenvalue weighted by atomic mass is 10.1. The summed E-state index contributed by atoms with van der Waals surface area (Å²) >= 11 is 0. The third-order valence-electron chi connectivity index (χ3n) is 5.00. The standard InChI is InChI=1S/C17H28N4O2/c1-12-14(13(2)21(5)18-12)10-11-19(3)17(23)15-8-6-7-9-16(22)20(15)4/h15H,6-11H2,1-5H3. The summed E-state index contributed by atoms with van der Waals surface area (Å²) in [6.07, 6.45) is 3.92. The molecule has 128 valence electrons. The van der Waals surface area contributed by atoms with Gasteiger partial charge in [-0.3, -0.25) is 14.3 Å². The van der Waals surface area contributed by atoms with Gasteiger partial charge in [-0.05, 0) is 38.7 Å². The molecule has 0 spiro atoms. The van der Waals surface area contributed by atoms with Crippen molar-refractivity contribution in [3.63, 3.8) is 0 Å². The smallest absolute Gasteiger partial charge is 0.245 e. The Morgan fingerprint density at radius 1 is 1.30 bits per heavy atom. The van der Waals surface area contributed by atoms with Crippen LogP contribution in [0.25, 0.3) is 0 Å². The Morgan fingerprint density at radius 2 is 2.00 bits per heavy atom. The maximum atomic E-state index is 12.7. The van der Waals surface area contributed by atoms with Crippen LogP contribution < -0.4 is 0 Å². The van der Waals surface area contributed by atoms with E-state index in [1.165, 1.54) is 5.56 Å². The molecular weight excluding hydrogens is 292 g/mol. The van der Waals surface area contributed by atoms with E-state index in [4.69, 9.17) is 0 Å². The summed E-state index contributed by atoms with van der Waals surface area (Å²) in [5.74, 6) is 0.121. The van der Waals surface area contributed by atoms with Gasteiger partial charge in [0.25, 0.3) is 0 Å². The van der Waals surface area contributed by atoms with Crippen molar-refractivity contribution < 1.29 is 9.59 Å². The monoisotopic (exact) mass is 320 g/mol. The molecule has 1 atom stereocenters. The number of rotatable bonds is 4. The average Bonchev–Trinajstić information content (AvgIpc) is 2.65. The summed E-state index contributed by atoms with van der Waals surface area (Å²) in [7, 11) is 5.51. The van der Waals surface area contributed by atoms with Gasteiger partial charge in [-0.2, -0.15) is 5.10 Å². The van der Waals surface area contributed by atoms with Gasteiger partial charge in [-0.1, -0.05) is 6.42 Å². The van der Waals surface area contributed by atoms with Gasteiger partial charge in [0.05, 0.1) is 5.69 Å². The lowest BCUT2D eigenvalue weighted by Crippen LogP contribution is -2.47. The molecule has 2 heterocycles. The van der Waals surface area contributed by atoms with Gasteiger partial charge < -0.3 is 9.80 Å². The Balaban J connectivity index is 2.00. The van der Waals surface area contributed by atoms with Gasteiger partial charge in [0.15, 0.2) is 0 Å². The van der Waals surface area contributed by atoms with Gasteiger partial charge in [0.2, 0.25) is 11.8 Å². The van der Waals surface area contributed by atoms with E-state index >= 15 is 0 Å². The molecule has 1 unspecified atom stereocenters. The van der Waals surface area contributed by atoms with Crippen LogP contribution in [0, 0.1) is 13.8 Å². The predicted molar refractivity (Wildman–Crippen MR) is 89.0 cm³/mol. The summed E-state index contributed by atoms with van der Waals surface area (Å²) in [6.45, 7) is 4.70. The highest BCUT2D eigenvalue weighted by Crippen LogP contribution is 2.18. The van der Waals surface area contributed by atoms with Crippen LogP contribution in [0.3, 0.4) is 0 Å². The van der Waals surface area contributed by atoms with Crippen LogP contribution in [-0.4, -0.2) is 58.1 Å². The Hall–Kier alpha value is -1.85. The van der Waals surface area contributed by atoms with Crippen LogP contribution in [0.2, 0.25) is 0 Å². The molecule has 2 rings (SSSR count). The lowest BCUT2D eigenvalue weighted by Gasteiger charge is -2.29. The van der Waals surface area contributed by atoms with Crippen molar-refractivity contribution in [2.75, 3.05) is 20.6 Å². The van der Waals surface area contributed by atoms with Crippen LogP contribution in [0.4, 0.5) is 0 Å². The minimum Gasteiger partial charge on any atom is -0.344 e. The number of aromatic nitrogens is 2. The summed E-state index contributed by atoms with van der Waals surface area (Å²) < 4.78 is 1.88. The molecule has 1 aliphatic rings. The van der Waals surface area contributed by atoms with Gasteiger partial charge in [-0.15, -0.1) is 0 Å². The maximum absolute atomic E-state index is 12.7. The fourth-order valence-corrected chi connectivity index (χ4v) is 3.27. The normalized spacial score (nSPS) is 18.9. The number of carbonyl (C=O) groups is 2. The van der Waals surface area contributed by atoms with Gasteiger partial charge >= 0.3 is 0 Å². The Bertz CT molecular complexity index is 594. The summed E-state index contributed by atoms with van der Waals surface area (Å²) in [6, 6.07) is -0.314. The molecule has 0 saturated carbocycles. The highest BCUT2D eigenvalue weighted by molar-refractivity contribution is 5.87. The molecular formula is C17H28N4O2. The maximum Gasteiger partial charge on any atom is 0.245 e. The van der Waals surface area contributed by atoms with E-state index in [1.54, 1.807) is 16.8 Å². The van der Waals surface area contributed by atoms with Crippen molar-refractivity contribution in [3.05, 3.63) is 17.0 Å². The van der Waals surface area contributed by atoms with E-state index in [0.29, 0.717) is 13.0 Å². The average molecular weight is 320 g/mol. The molecule has 1 aromatic rings. The van der Waals surface area contributed by atoms with Crippen molar-refractivity contribution in [3.8, 4) is 0 Å². The van der Waals surface area contributed by atoms with E-state index in [1.807, 2.05) is 25.7 Å². The van der Waals surface area contributed by atoms with Gasteiger partial charge in [0, 0.05) is 39.8 Å². The predicted octanol–water partition coefficient (Wildman–Crippen LogP) is 1.44. The zero-order valence-corrected chi connectivity index (χ0v) is 14.9. The van der Waals surface area contributed by atoms with Gasteiger partial charge in [-0.25, -0.2) is 0 Å². The molecule has 1 aliphatic heterocycles. The number of amides is 2. The molecule has 6 nitrogen and oxygen atoms in total. The number of hydrogen-bond acceptors (Lipinski definition) is 3. The summed E-state index contributed by atoms with van der Waals surface area (Å²) in [5.41, 5.74) is 3.37. The largest absolute Gasteiger partial charge is 0.344 e. The first-order valence-corrected chi connectivity index (χ1v) is 8.32. The second-order valence-corrected chi connectivity index (χ2v) is 6.55. The quantitative estimate of drug-likeness (QED) is 0.843. The first-order chi connectivity index (χ1) is 10.8. The second-order valence-electron chi connectivity index (χ2n) is 6.55. The summed E-state index contributed by atoms with van der Waals surface area (Å²) in [4.78, 5) is 28.1. The minimum atomic E-state index is -0.314. The van der Waals surface area contributed by atoms with E-state index in [0.717, 1.165) is 37.1 Å². The van der Waals surface area contributed by atoms with Crippen LogP contribution >= 0.6 is 0 Å². The highest BCUT2D eigenvalue weighted by Gasteiger charge is 2.30. The van der Waals surface area contributed by atoms with Crippen LogP contribution in [-0.2, 0) is 23.1 Å². The highest BCUT2D eigenvalue weighted by atomic mass is 16.2. The Labute approximate surface area is 138 Å². The molecule has 0 N–H and O–H groups in total. The fourth-order valence-electron chi connectivity index (χ4n) is 3.27. The number of carbonyl (C=O) groups excluding carboxylic acids is 2. The van der Waals surface area contributed by atoms with Crippen LogP contribution in [0.1, 0.15) is 42.6 Å². The molecule has 6 heteroatoms. The van der Waals surface area contributed by atoms with E-state index < -0.39 is 0 Å². The topological polar surface area (TPSA) is 58.4 Å². The fraction of sp³-hybridized carbons (Fsp3) is 0.706. The zero-order chi connectivity index (χ0) is 17.1. The summed E-state index contributed by atoms with van der Waals surface area (Å²) in [5, 5.41) is 4.42. The molecule has 0 bridgehead atoms. The minimum absolute atomic E-state index is 0.0435. The third-order valence-corrected chi connectivity index (χ3v) is 5.00. The Kier molecular flexibility index (Phi) is 5.44. The Morgan fingerprint density at radius 3 is 2.61 bits per heavy atom. The van der Waals surface area contributed by atoms with Crippen molar-refractivity contribution in [1.29, 1.82) is 0 Å². The molecule has 1 aromatic heterocycles. The first-order valence-electron chi connectivity index (χ1n) is 8.32. The van der Waals surface area contributed by atoms with Crippen molar-refractivity contribution in [2.24, 2.45) is 7.05 Å². The second kappa shape index (κ2) is 7.15. The molecule has 0 aromatic carbocycles. The molecule has 1 saturated heterocycles. The van der Waals surface area contributed by atoms with Crippen molar-refractivity contribution in [1.82, 2.24) is 19.6 Å². The van der Waals surface area contributed by atoms with E-state index in [2.05, 4.69) is 12.0 Å². The number of nitrogens with zero attached hydrogens (tertiary/aromatic N) is 4. The molecule has 0 radical (unpaired) electrons. The van der Waals surface area contributed by atoms with Crippen LogP contribution in [0.5, 0.6) is 0 Å². The zero-order valence-electron chi connectivity index (χ0n) is 14.9. The number of hydrogen-bond donors (Lipinski definition) is 0. The third kappa shape index (κ3) is 3.74. The molecule has 23 heavy (non-hydrogen) atoms. The van der Waals surface area contributed by atoms with Gasteiger partial charge in [0.1, 0.15) is 6.04 Å². The first kappa shape index (κ1) is 17.5. The molecule has 2 amide bonds. The van der Waals surface area contributed by atoms with E-state index in [9.17, 15) is 9.59 Å². The van der Waals surface area contributed by atoms with Crippen molar-refractivity contribution in [2.45, 2.75) is 52.0 Å². The van der Waals surface area contributed by atoms with Crippen molar-refractivity contribution >= 4 is 11.8 Å². The number of aryl methyl sites for hydroxylation is 2. The molecule has 0 aliphatic carbocycles.